The van der Waals surface area contributed by atoms with E-state index in [2.05, 4.69) is 60.3 Å². The number of carbonyl (C=O) groups is 1. The molecule has 5 aromatic rings. The largest absolute Gasteiger partial charge is 0.418 e. The molecule has 37 heavy (non-hydrogen) atoms. The Kier molecular flexibility index (Phi) is 6.56. The van der Waals surface area contributed by atoms with Crippen LogP contribution in [0.3, 0.4) is 0 Å². The van der Waals surface area contributed by atoms with Gasteiger partial charge in [0.1, 0.15) is 0 Å². The lowest BCUT2D eigenvalue weighted by atomic mass is 9.87. The molecule has 6 nitrogen and oxygen atoms in total. The number of aromatic amines is 1. The van der Waals surface area contributed by atoms with Gasteiger partial charge in [0.2, 0.25) is 5.88 Å². The molecule has 1 amide bonds. The lowest BCUT2D eigenvalue weighted by Crippen LogP contribution is -2.17. The molecular weight excluding hydrogens is 460 g/mol. The number of carbonyl (C=O) groups excluding carboxylic acids is 1. The van der Waals surface area contributed by atoms with Crippen LogP contribution in [-0.4, -0.2) is 22.3 Å². The average molecular weight is 489 g/mol. The summed E-state index contributed by atoms with van der Waals surface area (Å²) in [5.74, 6) is 0.367. The van der Waals surface area contributed by atoms with E-state index in [-0.39, 0.29) is 5.41 Å². The number of nitrogens with one attached hydrogen (secondary N) is 2. The second kappa shape index (κ2) is 10.1. The Morgan fingerprint density at radius 1 is 0.946 bits per heavy atom. The van der Waals surface area contributed by atoms with E-state index in [9.17, 15) is 4.79 Å². The Morgan fingerprint density at radius 3 is 2.38 bits per heavy atom. The molecule has 0 saturated carbocycles. The fourth-order valence-electron chi connectivity index (χ4n) is 4.09. The summed E-state index contributed by atoms with van der Waals surface area (Å²) in [5, 5.41) is 3.64. The number of H-pyrrole nitrogens is 1. The Bertz CT molecular complexity index is 1550. The molecule has 2 heterocycles. The minimum absolute atomic E-state index is 0.109. The number of hydrogen-bond acceptors (Lipinski definition) is 4. The van der Waals surface area contributed by atoms with Gasteiger partial charge in [0, 0.05) is 35.2 Å². The highest BCUT2D eigenvalue weighted by Crippen LogP contribution is 2.39. The van der Waals surface area contributed by atoms with Gasteiger partial charge in [0.25, 0.3) is 0 Å². The van der Waals surface area contributed by atoms with Crippen LogP contribution in [0.4, 0.5) is 16.2 Å². The van der Waals surface area contributed by atoms with Crippen molar-refractivity contribution in [3.8, 4) is 17.0 Å². The standard InChI is InChI=1S/C31H28N4O2/c1-31(2,3)23-11-9-21(10-12-23)20-33-25-13-14-27-26(19-25)28(22-7-5-4-6-8-22)29(35-27)37-30(36)34-24-15-17-32-18-16-24/h4-20,35H,1-3H3,(H,32,34,36). The first kappa shape index (κ1) is 24.0. The van der Waals surface area contributed by atoms with Crippen molar-refractivity contribution < 1.29 is 9.53 Å². The van der Waals surface area contributed by atoms with Crippen LogP contribution in [-0.2, 0) is 5.41 Å². The van der Waals surface area contributed by atoms with Crippen LogP contribution in [0.15, 0.2) is 102 Å². The van der Waals surface area contributed by atoms with Gasteiger partial charge < -0.3 is 9.72 Å². The van der Waals surface area contributed by atoms with Crippen molar-refractivity contribution in [2.75, 3.05) is 5.32 Å². The number of nitrogens with zero attached hydrogens (tertiary/aromatic N) is 2. The fourth-order valence-corrected chi connectivity index (χ4v) is 4.09. The van der Waals surface area contributed by atoms with Gasteiger partial charge in [-0.2, -0.15) is 0 Å². The Hall–Kier alpha value is -4.71. The maximum absolute atomic E-state index is 12.7. The fraction of sp³-hybridized carbons (Fsp3) is 0.129. The maximum atomic E-state index is 12.7. The molecule has 6 heteroatoms. The topological polar surface area (TPSA) is 79.4 Å². The number of aromatic nitrogens is 2. The molecule has 0 atom stereocenters. The molecule has 0 aliphatic heterocycles. The van der Waals surface area contributed by atoms with Crippen molar-refractivity contribution in [2.45, 2.75) is 26.2 Å². The highest BCUT2D eigenvalue weighted by atomic mass is 16.6. The molecule has 5 rings (SSSR count). The smallest absolute Gasteiger partial charge is 0.392 e. The van der Waals surface area contributed by atoms with Crippen molar-refractivity contribution in [3.05, 3.63) is 108 Å². The summed E-state index contributed by atoms with van der Waals surface area (Å²) < 4.78 is 5.73. The van der Waals surface area contributed by atoms with Crippen molar-refractivity contribution >= 4 is 34.6 Å². The van der Waals surface area contributed by atoms with Gasteiger partial charge in [0.05, 0.1) is 11.3 Å². The predicted octanol–water partition coefficient (Wildman–Crippen LogP) is 7.89. The third-order valence-electron chi connectivity index (χ3n) is 6.07. The molecule has 0 aliphatic rings. The predicted molar refractivity (Wildman–Crippen MR) is 150 cm³/mol. The number of anilines is 1. The van der Waals surface area contributed by atoms with Gasteiger partial charge in [-0.1, -0.05) is 75.4 Å². The summed E-state index contributed by atoms with van der Waals surface area (Å²) in [6, 6.07) is 27.6. The number of rotatable bonds is 5. The van der Waals surface area contributed by atoms with Crippen LogP contribution >= 0.6 is 0 Å². The molecule has 0 aliphatic carbocycles. The normalized spacial score (nSPS) is 11.6. The molecule has 0 spiro atoms. The van der Waals surface area contributed by atoms with Gasteiger partial charge in [0.15, 0.2) is 0 Å². The Balaban J connectivity index is 1.47. The van der Waals surface area contributed by atoms with E-state index in [0.717, 1.165) is 33.3 Å². The first-order valence-corrected chi connectivity index (χ1v) is 12.1. The van der Waals surface area contributed by atoms with E-state index >= 15 is 0 Å². The summed E-state index contributed by atoms with van der Waals surface area (Å²) in [6.45, 7) is 6.60. The third kappa shape index (κ3) is 5.59. The van der Waals surface area contributed by atoms with E-state index in [1.165, 1.54) is 5.56 Å². The Labute approximate surface area is 216 Å². The third-order valence-corrected chi connectivity index (χ3v) is 6.07. The zero-order chi connectivity index (χ0) is 25.8. The van der Waals surface area contributed by atoms with Crippen molar-refractivity contribution in [3.63, 3.8) is 0 Å². The molecule has 0 saturated heterocycles. The number of benzene rings is 3. The van der Waals surface area contributed by atoms with E-state index < -0.39 is 6.09 Å². The summed E-state index contributed by atoms with van der Waals surface area (Å²) >= 11 is 0. The highest BCUT2D eigenvalue weighted by Gasteiger charge is 2.18. The first-order valence-electron chi connectivity index (χ1n) is 12.1. The van der Waals surface area contributed by atoms with Crippen LogP contribution in [0.1, 0.15) is 31.9 Å². The minimum atomic E-state index is -0.591. The number of amides is 1. The van der Waals surface area contributed by atoms with E-state index in [1.807, 2.05) is 54.7 Å². The van der Waals surface area contributed by atoms with Crippen molar-refractivity contribution in [1.29, 1.82) is 0 Å². The second-order valence-corrected chi connectivity index (χ2v) is 9.81. The lowest BCUT2D eigenvalue weighted by molar-refractivity contribution is 0.214. The Morgan fingerprint density at radius 2 is 1.68 bits per heavy atom. The number of ether oxygens (including phenoxy) is 1. The van der Waals surface area contributed by atoms with Gasteiger partial charge in [-0.05, 0) is 52.4 Å². The monoisotopic (exact) mass is 488 g/mol. The summed E-state index contributed by atoms with van der Waals surface area (Å²) in [5.41, 5.74) is 6.40. The summed E-state index contributed by atoms with van der Waals surface area (Å²) in [7, 11) is 0. The summed E-state index contributed by atoms with van der Waals surface area (Å²) in [6.07, 6.45) is 4.48. The van der Waals surface area contributed by atoms with Crippen LogP contribution in [0.5, 0.6) is 5.88 Å². The molecule has 0 unspecified atom stereocenters. The average Bonchev–Trinajstić information content (AvgIpc) is 3.25. The van der Waals surface area contributed by atoms with E-state index in [4.69, 9.17) is 9.73 Å². The van der Waals surface area contributed by atoms with Crippen LogP contribution in [0.25, 0.3) is 22.0 Å². The number of hydrogen-bond donors (Lipinski definition) is 2. The first-order chi connectivity index (χ1) is 17.9. The maximum Gasteiger partial charge on any atom is 0.418 e. The molecular formula is C31H28N4O2. The van der Waals surface area contributed by atoms with E-state index in [1.54, 1.807) is 24.5 Å². The van der Waals surface area contributed by atoms with Gasteiger partial charge in [-0.3, -0.25) is 15.3 Å². The number of fused-ring (bicyclic) bond motifs is 1. The SMILES string of the molecule is CC(C)(C)c1ccc(C=Nc2ccc3[nH]c(OC(=O)Nc4ccncc4)c(-c4ccccc4)c3c2)cc1. The molecule has 184 valence electrons. The molecule has 2 aromatic heterocycles. The van der Waals surface area contributed by atoms with Crippen molar-refractivity contribution in [2.24, 2.45) is 4.99 Å². The zero-order valence-corrected chi connectivity index (χ0v) is 21.0. The molecule has 0 fully saturated rings. The van der Waals surface area contributed by atoms with Crippen LogP contribution in [0.2, 0.25) is 0 Å². The van der Waals surface area contributed by atoms with Gasteiger partial charge in [-0.15, -0.1) is 0 Å². The molecule has 0 bridgehead atoms. The minimum Gasteiger partial charge on any atom is -0.392 e. The molecule has 2 N–H and O–H groups in total. The second-order valence-electron chi connectivity index (χ2n) is 9.81. The van der Waals surface area contributed by atoms with Crippen LogP contribution in [0, 0.1) is 0 Å². The van der Waals surface area contributed by atoms with E-state index in [0.29, 0.717) is 11.6 Å². The molecule has 0 radical (unpaired) electrons. The van der Waals surface area contributed by atoms with Gasteiger partial charge >= 0.3 is 6.09 Å². The van der Waals surface area contributed by atoms with Gasteiger partial charge in [-0.25, -0.2) is 4.79 Å². The number of pyridine rings is 1. The lowest BCUT2D eigenvalue weighted by Gasteiger charge is -2.18. The van der Waals surface area contributed by atoms with Crippen molar-refractivity contribution in [1.82, 2.24) is 9.97 Å². The summed E-state index contributed by atoms with van der Waals surface area (Å²) in [4.78, 5) is 24.6. The molecule has 3 aromatic carbocycles. The zero-order valence-electron chi connectivity index (χ0n) is 21.0. The number of aliphatic imine (C=N–C) groups is 1. The quantitative estimate of drug-likeness (QED) is 0.247. The van der Waals surface area contributed by atoms with Crippen LogP contribution < -0.4 is 10.1 Å². The highest BCUT2D eigenvalue weighted by molar-refractivity contribution is 6.02.